The molecule has 0 radical (unpaired) electrons. The van der Waals surface area contributed by atoms with E-state index in [-0.39, 0.29) is 18.4 Å². The smallest absolute Gasteiger partial charge is 0.244 e. The Morgan fingerprint density at radius 2 is 1.89 bits per heavy atom. The molecule has 1 aromatic carbocycles. The molecule has 2 rings (SSSR count). The number of ether oxygens (including phenoxy) is 3. The van der Waals surface area contributed by atoms with Crippen LogP contribution in [-0.2, 0) is 14.3 Å². The summed E-state index contributed by atoms with van der Waals surface area (Å²) in [7, 11) is 2.97. The van der Waals surface area contributed by atoms with E-state index in [1.807, 2.05) is 0 Å². The maximum absolute atomic E-state index is 12.5. The lowest BCUT2D eigenvalue weighted by Crippen LogP contribution is -2.44. The van der Waals surface area contributed by atoms with E-state index in [0.717, 1.165) is 13.1 Å². The van der Waals surface area contributed by atoms with Gasteiger partial charge in [0, 0.05) is 45.2 Å². The average Bonchev–Trinajstić information content (AvgIpc) is 2.66. The molecule has 0 unspecified atom stereocenters. The van der Waals surface area contributed by atoms with Crippen molar-refractivity contribution in [2.75, 3.05) is 65.5 Å². The van der Waals surface area contributed by atoms with Crippen LogP contribution in [0.3, 0.4) is 0 Å². The van der Waals surface area contributed by atoms with Gasteiger partial charge < -0.3 is 24.4 Å². The van der Waals surface area contributed by atoms with Crippen LogP contribution in [0, 0.1) is 0 Å². The van der Waals surface area contributed by atoms with Crippen molar-refractivity contribution in [1.29, 1.82) is 0 Å². The zero-order valence-corrected chi connectivity index (χ0v) is 16.7. The van der Waals surface area contributed by atoms with Crippen molar-refractivity contribution in [2.24, 2.45) is 0 Å². The van der Waals surface area contributed by atoms with Gasteiger partial charge in [0.25, 0.3) is 0 Å². The van der Waals surface area contributed by atoms with E-state index in [9.17, 15) is 9.59 Å². The molecular weight excluding hydrogens is 374 g/mol. The lowest BCUT2D eigenvalue weighted by Gasteiger charge is -2.29. The highest BCUT2D eigenvalue weighted by Gasteiger charge is 2.18. The van der Waals surface area contributed by atoms with Crippen LogP contribution in [0.15, 0.2) is 12.1 Å². The van der Waals surface area contributed by atoms with Crippen LogP contribution in [0.1, 0.15) is 6.92 Å². The molecule has 9 heteroatoms. The standard InChI is InChI=1S/C18H26ClN3O5/c1-13(23)22(5-4-21-6-8-27-9-7-21)12-18(24)20-15-11-16(25-2)14(19)10-17(15)26-3/h10-11H,4-9,12H2,1-3H3,(H,20,24). The first kappa shape index (κ1) is 21.3. The summed E-state index contributed by atoms with van der Waals surface area (Å²) in [6.07, 6.45) is 0. The SMILES string of the molecule is COc1cc(NC(=O)CN(CCN2CCOCC2)C(C)=O)c(OC)cc1Cl. The number of nitrogens with one attached hydrogen (secondary N) is 1. The van der Waals surface area contributed by atoms with Crippen molar-refractivity contribution in [3.8, 4) is 11.5 Å². The zero-order valence-electron chi connectivity index (χ0n) is 15.9. The largest absolute Gasteiger partial charge is 0.495 e. The molecule has 27 heavy (non-hydrogen) atoms. The molecule has 1 N–H and O–H groups in total. The molecule has 0 saturated carbocycles. The molecule has 1 aliphatic rings. The molecule has 2 amide bonds. The third kappa shape index (κ3) is 6.27. The Morgan fingerprint density at radius 1 is 1.22 bits per heavy atom. The van der Waals surface area contributed by atoms with Gasteiger partial charge in [0.05, 0.1) is 44.7 Å². The molecule has 0 atom stereocenters. The van der Waals surface area contributed by atoms with Gasteiger partial charge in [-0.1, -0.05) is 11.6 Å². The number of carbonyl (C=O) groups excluding carboxylic acids is 2. The highest BCUT2D eigenvalue weighted by molar-refractivity contribution is 6.32. The number of anilines is 1. The lowest BCUT2D eigenvalue weighted by atomic mass is 10.2. The van der Waals surface area contributed by atoms with E-state index >= 15 is 0 Å². The highest BCUT2D eigenvalue weighted by atomic mass is 35.5. The minimum Gasteiger partial charge on any atom is -0.495 e. The van der Waals surface area contributed by atoms with Crippen molar-refractivity contribution >= 4 is 29.1 Å². The summed E-state index contributed by atoms with van der Waals surface area (Å²) in [5, 5.41) is 3.13. The van der Waals surface area contributed by atoms with Crippen LogP contribution >= 0.6 is 11.6 Å². The maximum atomic E-state index is 12.5. The van der Waals surface area contributed by atoms with Gasteiger partial charge in [-0.15, -0.1) is 0 Å². The Kier molecular flexibility index (Phi) is 8.15. The van der Waals surface area contributed by atoms with Gasteiger partial charge >= 0.3 is 0 Å². The van der Waals surface area contributed by atoms with Gasteiger partial charge in [0.2, 0.25) is 11.8 Å². The summed E-state index contributed by atoms with van der Waals surface area (Å²) in [4.78, 5) is 28.1. The number of amides is 2. The summed E-state index contributed by atoms with van der Waals surface area (Å²) < 4.78 is 15.7. The number of hydrogen-bond donors (Lipinski definition) is 1. The first-order chi connectivity index (χ1) is 12.9. The lowest BCUT2D eigenvalue weighted by molar-refractivity contribution is -0.133. The summed E-state index contributed by atoms with van der Waals surface area (Å²) in [5.74, 6) is 0.356. The molecule has 0 aromatic heterocycles. The Balaban J connectivity index is 1.98. The fraction of sp³-hybridized carbons (Fsp3) is 0.556. The Morgan fingerprint density at radius 3 is 2.48 bits per heavy atom. The van der Waals surface area contributed by atoms with Crippen molar-refractivity contribution in [2.45, 2.75) is 6.92 Å². The topological polar surface area (TPSA) is 80.3 Å². The molecule has 1 aliphatic heterocycles. The summed E-state index contributed by atoms with van der Waals surface area (Å²) in [5.41, 5.74) is 0.431. The predicted octanol–water partition coefficient (Wildman–Crippen LogP) is 1.48. The van der Waals surface area contributed by atoms with Crippen LogP contribution in [0.4, 0.5) is 5.69 Å². The number of hydrogen-bond acceptors (Lipinski definition) is 6. The summed E-state index contributed by atoms with van der Waals surface area (Å²) in [6.45, 7) is 5.64. The molecule has 0 bridgehead atoms. The zero-order chi connectivity index (χ0) is 19.8. The average molecular weight is 400 g/mol. The molecule has 150 valence electrons. The molecule has 1 aromatic rings. The van der Waals surface area contributed by atoms with Crippen molar-refractivity contribution in [3.05, 3.63) is 17.2 Å². The van der Waals surface area contributed by atoms with E-state index in [1.165, 1.54) is 26.0 Å². The minimum absolute atomic E-state index is 0.0478. The van der Waals surface area contributed by atoms with Crippen molar-refractivity contribution in [3.63, 3.8) is 0 Å². The maximum Gasteiger partial charge on any atom is 0.244 e. The van der Waals surface area contributed by atoms with Gasteiger partial charge in [-0.3, -0.25) is 14.5 Å². The normalized spacial score (nSPS) is 14.5. The highest BCUT2D eigenvalue weighted by Crippen LogP contribution is 2.35. The molecule has 1 saturated heterocycles. The number of halogens is 1. The molecule has 0 spiro atoms. The Bertz CT molecular complexity index is 665. The second kappa shape index (κ2) is 10.3. The van der Waals surface area contributed by atoms with Gasteiger partial charge in [-0.2, -0.15) is 0 Å². The van der Waals surface area contributed by atoms with Gasteiger partial charge in [-0.25, -0.2) is 0 Å². The predicted molar refractivity (Wildman–Crippen MR) is 103 cm³/mol. The minimum atomic E-state index is -0.324. The summed E-state index contributed by atoms with van der Waals surface area (Å²) in [6, 6.07) is 3.15. The van der Waals surface area contributed by atoms with Crippen molar-refractivity contribution < 1.29 is 23.8 Å². The van der Waals surface area contributed by atoms with E-state index in [4.69, 9.17) is 25.8 Å². The fourth-order valence-electron chi connectivity index (χ4n) is 2.76. The van der Waals surface area contributed by atoms with Crippen LogP contribution in [-0.4, -0.2) is 81.8 Å². The second-order valence-electron chi connectivity index (χ2n) is 6.13. The number of methoxy groups -OCH3 is 2. The number of nitrogens with zero attached hydrogens (tertiary/aromatic N) is 2. The number of rotatable bonds is 8. The monoisotopic (exact) mass is 399 g/mol. The molecule has 1 heterocycles. The Hall–Kier alpha value is -2.03. The van der Waals surface area contributed by atoms with E-state index in [1.54, 1.807) is 12.1 Å². The van der Waals surface area contributed by atoms with Crippen LogP contribution < -0.4 is 14.8 Å². The molecular formula is C18H26ClN3O5. The first-order valence-electron chi connectivity index (χ1n) is 8.71. The fourth-order valence-corrected chi connectivity index (χ4v) is 2.99. The molecule has 0 aliphatic carbocycles. The van der Waals surface area contributed by atoms with E-state index < -0.39 is 0 Å². The number of morpholine rings is 1. The number of benzene rings is 1. The third-order valence-electron chi connectivity index (χ3n) is 4.32. The Labute approximate surface area is 164 Å². The van der Waals surface area contributed by atoms with E-state index in [2.05, 4.69) is 10.2 Å². The number of carbonyl (C=O) groups is 2. The second-order valence-corrected chi connectivity index (χ2v) is 6.54. The summed E-state index contributed by atoms with van der Waals surface area (Å²) >= 11 is 6.07. The molecule has 8 nitrogen and oxygen atoms in total. The van der Waals surface area contributed by atoms with Gasteiger partial charge in [0.1, 0.15) is 11.5 Å². The van der Waals surface area contributed by atoms with Crippen molar-refractivity contribution in [1.82, 2.24) is 9.80 Å². The van der Waals surface area contributed by atoms with Gasteiger partial charge in [-0.05, 0) is 0 Å². The van der Waals surface area contributed by atoms with Crippen LogP contribution in [0.25, 0.3) is 0 Å². The van der Waals surface area contributed by atoms with Gasteiger partial charge in [0.15, 0.2) is 0 Å². The molecule has 1 fully saturated rings. The quantitative estimate of drug-likeness (QED) is 0.713. The first-order valence-corrected chi connectivity index (χ1v) is 9.09. The van der Waals surface area contributed by atoms with Crippen LogP contribution in [0.5, 0.6) is 11.5 Å². The van der Waals surface area contributed by atoms with Crippen LogP contribution in [0.2, 0.25) is 5.02 Å². The third-order valence-corrected chi connectivity index (χ3v) is 4.61. The van der Waals surface area contributed by atoms with E-state index in [0.29, 0.717) is 48.5 Å².